The Morgan fingerprint density at radius 3 is 2.60 bits per heavy atom. The Hall–Kier alpha value is -0.0800. The van der Waals surface area contributed by atoms with Crippen LogP contribution in [-0.2, 0) is 4.74 Å². The third-order valence-corrected chi connectivity index (χ3v) is 1.34. The second-order valence-corrected chi connectivity index (χ2v) is 2.90. The molecule has 0 bridgehead atoms. The maximum absolute atomic E-state index is 5.32. The molecule has 2 nitrogen and oxygen atoms in total. The quantitative estimate of drug-likeness (QED) is 0.575. The van der Waals surface area contributed by atoms with Gasteiger partial charge in [0.1, 0.15) is 0 Å². The molecule has 2 heteroatoms. The summed E-state index contributed by atoms with van der Waals surface area (Å²) in [7, 11) is 1.94. The van der Waals surface area contributed by atoms with Gasteiger partial charge in [-0.05, 0) is 19.4 Å². The predicted molar refractivity (Wildman–Crippen MR) is 46.3 cm³/mol. The number of ether oxygens (including phenoxy) is 1. The highest BCUT2D eigenvalue weighted by Crippen LogP contribution is 1.97. The minimum atomic E-state index is 0. The summed E-state index contributed by atoms with van der Waals surface area (Å²) in [4.78, 5) is 0. The molecule has 0 aliphatic carbocycles. The van der Waals surface area contributed by atoms with Crippen molar-refractivity contribution in [3.8, 4) is 0 Å². The molecule has 64 valence electrons. The van der Waals surface area contributed by atoms with Crippen LogP contribution in [0.5, 0.6) is 0 Å². The molecule has 0 saturated carbocycles. The van der Waals surface area contributed by atoms with Gasteiger partial charge in [-0.3, -0.25) is 0 Å². The summed E-state index contributed by atoms with van der Waals surface area (Å²) in [5.74, 6) is 0.759. The number of rotatable bonds is 6. The third-order valence-electron chi connectivity index (χ3n) is 1.34. The standard InChI is InChI=1S/C8H19NO.H2/c1-8(2)4-6-10-7-5-9-3;/h8-9H,4-7H2,1-3H3;1H. The average Bonchev–Trinajstić information content (AvgIpc) is 1.87. The topological polar surface area (TPSA) is 21.3 Å². The molecule has 0 unspecified atom stereocenters. The fourth-order valence-electron chi connectivity index (χ4n) is 0.595. The normalized spacial score (nSPS) is 10.8. The lowest BCUT2D eigenvalue weighted by molar-refractivity contribution is 0.126. The zero-order valence-electron chi connectivity index (χ0n) is 7.31. The van der Waals surface area contributed by atoms with E-state index in [-0.39, 0.29) is 1.43 Å². The van der Waals surface area contributed by atoms with Crippen molar-refractivity contribution in [2.24, 2.45) is 5.92 Å². The van der Waals surface area contributed by atoms with Gasteiger partial charge in [0.15, 0.2) is 0 Å². The van der Waals surface area contributed by atoms with E-state index in [1.54, 1.807) is 0 Å². The number of likely N-dealkylation sites (N-methyl/N-ethyl adjacent to an activating group) is 1. The van der Waals surface area contributed by atoms with Gasteiger partial charge >= 0.3 is 0 Å². The van der Waals surface area contributed by atoms with Gasteiger partial charge in [0.25, 0.3) is 0 Å². The largest absolute Gasteiger partial charge is 0.380 e. The molecule has 0 amide bonds. The Kier molecular flexibility index (Phi) is 6.98. The van der Waals surface area contributed by atoms with Crippen LogP contribution >= 0.6 is 0 Å². The van der Waals surface area contributed by atoms with E-state index in [2.05, 4.69) is 19.2 Å². The molecular weight excluding hydrogens is 126 g/mol. The number of hydrogen-bond acceptors (Lipinski definition) is 2. The van der Waals surface area contributed by atoms with Crippen molar-refractivity contribution in [2.75, 3.05) is 26.8 Å². The molecule has 0 aromatic rings. The van der Waals surface area contributed by atoms with Gasteiger partial charge in [0.05, 0.1) is 6.61 Å². The van der Waals surface area contributed by atoms with Crippen molar-refractivity contribution in [3.63, 3.8) is 0 Å². The van der Waals surface area contributed by atoms with Crippen molar-refractivity contribution in [1.82, 2.24) is 5.32 Å². The Morgan fingerprint density at radius 2 is 2.10 bits per heavy atom. The zero-order chi connectivity index (χ0) is 7.82. The van der Waals surface area contributed by atoms with Gasteiger partial charge in [0, 0.05) is 14.6 Å². The van der Waals surface area contributed by atoms with E-state index in [0.717, 1.165) is 25.7 Å². The van der Waals surface area contributed by atoms with E-state index in [1.807, 2.05) is 7.05 Å². The Labute approximate surface area is 65.4 Å². The first kappa shape index (κ1) is 9.92. The van der Waals surface area contributed by atoms with Gasteiger partial charge in [-0.15, -0.1) is 0 Å². The van der Waals surface area contributed by atoms with Gasteiger partial charge < -0.3 is 10.1 Å². The number of hydrogen-bond donors (Lipinski definition) is 1. The zero-order valence-corrected chi connectivity index (χ0v) is 7.31. The molecule has 0 spiro atoms. The summed E-state index contributed by atoms with van der Waals surface area (Å²) in [5, 5.41) is 3.03. The van der Waals surface area contributed by atoms with Crippen LogP contribution in [0.15, 0.2) is 0 Å². The van der Waals surface area contributed by atoms with E-state index < -0.39 is 0 Å². The van der Waals surface area contributed by atoms with Crippen LogP contribution in [0, 0.1) is 5.92 Å². The highest BCUT2D eigenvalue weighted by Gasteiger charge is 1.92. The van der Waals surface area contributed by atoms with Crippen LogP contribution in [0.25, 0.3) is 0 Å². The molecule has 0 radical (unpaired) electrons. The van der Waals surface area contributed by atoms with E-state index >= 15 is 0 Å². The fraction of sp³-hybridized carbons (Fsp3) is 1.00. The highest BCUT2D eigenvalue weighted by molar-refractivity contribution is 4.43. The third kappa shape index (κ3) is 7.92. The predicted octanol–water partition coefficient (Wildman–Crippen LogP) is 1.51. The van der Waals surface area contributed by atoms with E-state index in [0.29, 0.717) is 0 Å². The lowest BCUT2D eigenvalue weighted by Crippen LogP contribution is -2.14. The molecule has 0 aromatic carbocycles. The molecule has 0 aliphatic rings. The average molecular weight is 147 g/mol. The summed E-state index contributed by atoms with van der Waals surface area (Å²) in [5.41, 5.74) is 0. The van der Waals surface area contributed by atoms with Crippen molar-refractivity contribution < 1.29 is 6.16 Å². The molecule has 0 aromatic heterocycles. The summed E-state index contributed by atoms with van der Waals surface area (Å²) in [6.45, 7) is 7.11. The minimum absolute atomic E-state index is 0. The monoisotopic (exact) mass is 147 g/mol. The molecule has 0 atom stereocenters. The van der Waals surface area contributed by atoms with E-state index in [9.17, 15) is 0 Å². The van der Waals surface area contributed by atoms with Crippen molar-refractivity contribution in [1.29, 1.82) is 0 Å². The second kappa shape index (κ2) is 7.03. The fourth-order valence-corrected chi connectivity index (χ4v) is 0.595. The molecule has 0 heterocycles. The SMILES string of the molecule is CNCCOCCC(C)C.[HH]. The summed E-state index contributed by atoms with van der Waals surface area (Å²) >= 11 is 0. The highest BCUT2D eigenvalue weighted by atomic mass is 16.5. The first-order valence-corrected chi connectivity index (χ1v) is 3.99. The van der Waals surface area contributed by atoms with E-state index in [4.69, 9.17) is 4.74 Å². The van der Waals surface area contributed by atoms with Gasteiger partial charge in [-0.2, -0.15) is 0 Å². The van der Waals surface area contributed by atoms with Gasteiger partial charge in [-0.25, -0.2) is 0 Å². The Bertz CT molecular complexity index is 69.1. The van der Waals surface area contributed by atoms with Crippen LogP contribution in [-0.4, -0.2) is 26.8 Å². The minimum Gasteiger partial charge on any atom is -0.380 e. The van der Waals surface area contributed by atoms with Crippen molar-refractivity contribution in [3.05, 3.63) is 0 Å². The molecular formula is C8H21NO. The van der Waals surface area contributed by atoms with Crippen LogP contribution in [0.4, 0.5) is 0 Å². The van der Waals surface area contributed by atoms with Gasteiger partial charge in [-0.1, -0.05) is 13.8 Å². The van der Waals surface area contributed by atoms with Gasteiger partial charge in [0.2, 0.25) is 0 Å². The Balaban J connectivity index is 0. The molecule has 0 aliphatic heterocycles. The first-order valence-electron chi connectivity index (χ1n) is 3.99. The maximum atomic E-state index is 5.32. The lowest BCUT2D eigenvalue weighted by Gasteiger charge is -2.05. The van der Waals surface area contributed by atoms with Crippen LogP contribution in [0.1, 0.15) is 21.7 Å². The second-order valence-electron chi connectivity index (χ2n) is 2.90. The summed E-state index contributed by atoms with van der Waals surface area (Å²) in [6, 6.07) is 0. The van der Waals surface area contributed by atoms with Crippen molar-refractivity contribution >= 4 is 0 Å². The summed E-state index contributed by atoms with van der Waals surface area (Å²) in [6.07, 6.45) is 1.17. The van der Waals surface area contributed by atoms with Crippen LogP contribution in [0.3, 0.4) is 0 Å². The number of nitrogens with one attached hydrogen (secondary N) is 1. The maximum Gasteiger partial charge on any atom is 0.0590 e. The molecule has 10 heavy (non-hydrogen) atoms. The molecule has 0 rings (SSSR count). The first-order chi connectivity index (χ1) is 4.77. The molecule has 0 saturated heterocycles. The van der Waals surface area contributed by atoms with Crippen LogP contribution in [0.2, 0.25) is 0 Å². The van der Waals surface area contributed by atoms with Crippen molar-refractivity contribution in [2.45, 2.75) is 20.3 Å². The lowest BCUT2D eigenvalue weighted by atomic mass is 10.1. The smallest absolute Gasteiger partial charge is 0.0590 e. The van der Waals surface area contributed by atoms with E-state index in [1.165, 1.54) is 6.42 Å². The Morgan fingerprint density at radius 1 is 1.40 bits per heavy atom. The molecule has 1 N–H and O–H groups in total. The summed E-state index contributed by atoms with van der Waals surface area (Å²) < 4.78 is 5.32. The van der Waals surface area contributed by atoms with Crippen LogP contribution < -0.4 is 5.32 Å². The molecule has 0 fully saturated rings.